The lowest BCUT2D eigenvalue weighted by atomic mass is 10.1. The number of unbranched alkanes of at least 4 members (excludes halogenated alkanes) is 1. The summed E-state index contributed by atoms with van der Waals surface area (Å²) in [5.74, 6) is 0.903. The molecule has 0 heteroatoms. The molecule has 0 saturated carbocycles. The zero-order valence-electron chi connectivity index (χ0n) is 8.41. The van der Waals surface area contributed by atoms with E-state index in [1.54, 1.807) is 0 Å². The van der Waals surface area contributed by atoms with E-state index in [2.05, 4.69) is 34.6 Å². The standard InChI is InChI=1S/C7H16.C3H8.CH4/c1-4-5-6-7(2)3;1-3-2;/h7H,4-6H2,1-3H3;3H2,1-2H3;1H4. The zero-order chi connectivity index (χ0) is 8.41. The van der Waals surface area contributed by atoms with Gasteiger partial charge < -0.3 is 0 Å². The molecule has 0 rings (SSSR count). The summed E-state index contributed by atoms with van der Waals surface area (Å²) < 4.78 is 0. The van der Waals surface area contributed by atoms with E-state index in [1.165, 1.54) is 25.7 Å². The van der Waals surface area contributed by atoms with E-state index >= 15 is 0 Å². The van der Waals surface area contributed by atoms with Gasteiger partial charge >= 0.3 is 0 Å². The average Bonchev–Trinajstić information content (AvgIpc) is 1.85. The Morgan fingerprint density at radius 1 is 1.00 bits per heavy atom. The van der Waals surface area contributed by atoms with Crippen LogP contribution in [0.25, 0.3) is 0 Å². The molecule has 0 fully saturated rings. The highest BCUT2D eigenvalue weighted by molar-refractivity contribution is 4.42. The summed E-state index contributed by atoms with van der Waals surface area (Å²) in [6.07, 6.45) is 5.40. The summed E-state index contributed by atoms with van der Waals surface area (Å²) in [4.78, 5) is 0. The second-order valence-electron chi connectivity index (χ2n) is 3.24. The van der Waals surface area contributed by atoms with Crippen molar-refractivity contribution in [2.45, 2.75) is 67.7 Å². The molecule has 11 heavy (non-hydrogen) atoms. The fraction of sp³-hybridized carbons (Fsp3) is 1.00. The second-order valence-corrected chi connectivity index (χ2v) is 3.24. The first kappa shape index (κ1) is 17.2. The molecule has 0 aliphatic carbocycles. The smallest absolute Gasteiger partial charge is 0.0471 e. The summed E-state index contributed by atoms with van der Waals surface area (Å²) in [5.41, 5.74) is 0. The molecule has 0 aliphatic heterocycles. The van der Waals surface area contributed by atoms with Gasteiger partial charge in [0, 0.05) is 0 Å². The summed E-state index contributed by atoms with van der Waals surface area (Å²) in [7, 11) is 0. The normalized spacial score (nSPS) is 8.18. The van der Waals surface area contributed by atoms with Crippen molar-refractivity contribution in [3.05, 3.63) is 0 Å². The van der Waals surface area contributed by atoms with Crippen LogP contribution < -0.4 is 0 Å². The first-order valence-electron chi connectivity index (χ1n) is 4.68. The summed E-state index contributed by atoms with van der Waals surface area (Å²) >= 11 is 0. The molecule has 0 atom stereocenters. The van der Waals surface area contributed by atoms with Gasteiger partial charge in [-0.25, -0.2) is 0 Å². The molecule has 0 unspecified atom stereocenters. The monoisotopic (exact) mass is 160 g/mol. The van der Waals surface area contributed by atoms with Gasteiger partial charge in [0.2, 0.25) is 0 Å². The van der Waals surface area contributed by atoms with Gasteiger partial charge in [-0.05, 0) is 5.92 Å². The largest absolute Gasteiger partial charge is 0.0776 e. The third kappa shape index (κ3) is 40.0. The second kappa shape index (κ2) is 16.5. The first-order chi connectivity index (χ1) is 4.68. The van der Waals surface area contributed by atoms with Crippen molar-refractivity contribution in [2.75, 3.05) is 0 Å². The molecule has 72 valence electrons. The highest BCUT2D eigenvalue weighted by Gasteiger charge is 1.88. The third-order valence-electron chi connectivity index (χ3n) is 1.14. The maximum absolute atomic E-state index is 2.27. The Kier molecular flexibility index (Phi) is 25.8. The van der Waals surface area contributed by atoms with E-state index in [0.717, 1.165) is 5.92 Å². The Hall–Kier alpha value is 0. The van der Waals surface area contributed by atoms with Gasteiger partial charge in [-0.1, -0.05) is 67.7 Å². The molecule has 0 spiro atoms. The van der Waals surface area contributed by atoms with Crippen molar-refractivity contribution in [2.24, 2.45) is 5.92 Å². The SMILES string of the molecule is C.CCC.CCCCC(C)C. The van der Waals surface area contributed by atoms with E-state index in [1.807, 2.05) is 0 Å². The molecule has 0 radical (unpaired) electrons. The predicted molar refractivity (Wildman–Crippen MR) is 57.1 cm³/mol. The quantitative estimate of drug-likeness (QED) is 0.551. The molecule has 0 amide bonds. The maximum atomic E-state index is 2.27. The minimum Gasteiger partial charge on any atom is -0.0776 e. The van der Waals surface area contributed by atoms with Crippen molar-refractivity contribution < 1.29 is 0 Å². The lowest BCUT2D eigenvalue weighted by Gasteiger charge is -1.98. The molecule has 0 aliphatic rings. The van der Waals surface area contributed by atoms with E-state index in [-0.39, 0.29) is 7.43 Å². The topological polar surface area (TPSA) is 0 Å². The van der Waals surface area contributed by atoms with Crippen molar-refractivity contribution in [1.29, 1.82) is 0 Å². The zero-order valence-corrected chi connectivity index (χ0v) is 8.41. The van der Waals surface area contributed by atoms with Gasteiger partial charge in [0.05, 0.1) is 0 Å². The summed E-state index contributed by atoms with van der Waals surface area (Å²) in [6.45, 7) is 11.0. The van der Waals surface area contributed by atoms with Crippen molar-refractivity contribution in [3.63, 3.8) is 0 Å². The van der Waals surface area contributed by atoms with Gasteiger partial charge in [0.25, 0.3) is 0 Å². The van der Waals surface area contributed by atoms with Crippen molar-refractivity contribution in [1.82, 2.24) is 0 Å². The van der Waals surface area contributed by atoms with Crippen LogP contribution in [0.15, 0.2) is 0 Å². The van der Waals surface area contributed by atoms with Crippen LogP contribution in [0.2, 0.25) is 0 Å². The number of rotatable bonds is 3. The van der Waals surface area contributed by atoms with Crippen LogP contribution in [0, 0.1) is 5.92 Å². The van der Waals surface area contributed by atoms with Crippen molar-refractivity contribution >= 4 is 0 Å². The molecule has 0 heterocycles. The maximum Gasteiger partial charge on any atom is -0.0471 e. The van der Waals surface area contributed by atoms with Crippen LogP contribution in [-0.4, -0.2) is 0 Å². The summed E-state index contributed by atoms with van der Waals surface area (Å²) in [5, 5.41) is 0. The predicted octanol–water partition coefficient (Wildman–Crippen LogP) is 4.89. The fourth-order valence-electron chi connectivity index (χ4n) is 0.612. The van der Waals surface area contributed by atoms with Gasteiger partial charge in [0.15, 0.2) is 0 Å². The van der Waals surface area contributed by atoms with E-state index in [0.29, 0.717) is 0 Å². The number of hydrogen-bond donors (Lipinski definition) is 0. The Morgan fingerprint density at radius 3 is 1.45 bits per heavy atom. The van der Waals surface area contributed by atoms with Crippen LogP contribution in [0.5, 0.6) is 0 Å². The van der Waals surface area contributed by atoms with Gasteiger partial charge in [-0.15, -0.1) is 0 Å². The molecule has 0 aromatic heterocycles. The molecule has 0 saturated heterocycles. The van der Waals surface area contributed by atoms with E-state index in [9.17, 15) is 0 Å². The van der Waals surface area contributed by atoms with Crippen LogP contribution in [-0.2, 0) is 0 Å². The first-order valence-corrected chi connectivity index (χ1v) is 4.68. The summed E-state index contributed by atoms with van der Waals surface area (Å²) in [6, 6.07) is 0. The Morgan fingerprint density at radius 2 is 1.36 bits per heavy atom. The van der Waals surface area contributed by atoms with E-state index in [4.69, 9.17) is 0 Å². The Labute approximate surface area is 74.4 Å². The molecular weight excluding hydrogens is 132 g/mol. The Bertz CT molecular complexity index is 37.3. The molecular formula is C11H28. The minimum absolute atomic E-state index is 0. The van der Waals surface area contributed by atoms with Crippen LogP contribution in [0.1, 0.15) is 67.7 Å². The highest BCUT2D eigenvalue weighted by atomic mass is 13.9. The van der Waals surface area contributed by atoms with Gasteiger partial charge in [-0.3, -0.25) is 0 Å². The lowest BCUT2D eigenvalue weighted by molar-refractivity contribution is 0.550. The van der Waals surface area contributed by atoms with Gasteiger partial charge in [0.1, 0.15) is 0 Å². The fourth-order valence-corrected chi connectivity index (χ4v) is 0.612. The van der Waals surface area contributed by atoms with E-state index < -0.39 is 0 Å². The van der Waals surface area contributed by atoms with Crippen LogP contribution in [0.4, 0.5) is 0 Å². The molecule has 0 N–H and O–H groups in total. The van der Waals surface area contributed by atoms with Crippen LogP contribution >= 0.6 is 0 Å². The molecule has 0 aromatic carbocycles. The lowest BCUT2D eigenvalue weighted by Crippen LogP contribution is -1.83. The third-order valence-corrected chi connectivity index (χ3v) is 1.14. The molecule has 0 nitrogen and oxygen atoms in total. The number of hydrogen-bond acceptors (Lipinski definition) is 0. The Balaban J connectivity index is -0.000000140. The highest BCUT2D eigenvalue weighted by Crippen LogP contribution is 2.04. The average molecular weight is 160 g/mol. The molecule has 0 aromatic rings. The van der Waals surface area contributed by atoms with Gasteiger partial charge in [-0.2, -0.15) is 0 Å². The van der Waals surface area contributed by atoms with Crippen molar-refractivity contribution in [3.8, 4) is 0 Å². The minimum atomic E-state index is 0. The molecule has 0 bridgehead atoms. The van der Waals surface area contributed by atoms with Crippen LogP contribution in [0.3, 0.4) is 0 Å².